The summed E-state index contributed by atoms with van der Waals surface area (Å²) in [7, 11) is 1.62. The van der Waals surface area contributed by atoms with Crippen LogP contribution in [0, 0.1) is 0 Å². The summed E-state index contributed by atoms with van der Waals surface area (Å²) in [6.45, 7) is 2.95. The molecule has 6 nitrogen and oxygen atoms in total. The van der Waals surface area contributed by atoms with E-state index < -0.39 is 0 Å². The van der Waals surface area contributed by atoms with Crippen LogP contribution < -0.4 is 14.8 Å². The van der Waals surface area contributed by atoms with Gasteiger partial charge in [-0.05, 0) is 36.2 Å². The first-order valence-electron chi connectivity index (χ1n) is 6.12. The van der Waals surface area contributed by atoms with E-state index in [4.69, 9.17) is 21.1 Å². The third-order valence-electron chi connectivity index (χ3n) is 2.42. The van der Waals surface area contributed by atoms with Gasteiger partial charge in [-0.1, -0.05) is 12.1 Å². The number of methoxy groups -OCH3 is 1. The average molecular weight is 295 g/mol. The topological polar surface area (TPSA) is 69.2 Å². The molecule has 0 aliphatic carbocycles. The van der Waals surface area contributed by atoms with Gasteiger partial charge in [-0.3, -0.25) is 0 Å². The van der Waals surface area contributed by atoms with Crippen molar-refractivity contribution in [1.29, 1.82) is 0 Å². The molecule has 1 aromatic heterocycles. The number of nitrogens with zero attached hydrogens (tertiary/aromatic N) is 3. The standard InChI is InChI=1S/C13H15ClN4O2/c1-3-15-12-16-11(14)17-13(18-12)20-8-9-5-4-6-10(7-9)19-2/h4-7H,3,8H2,1-2H3,(H,15,16,17,18). The molecule has 0 amide bonds. The third kappa shape index (κ3) is 3.96. The lowest BCUT2D eigenvalue weighted by molar-refractivity contribution is 0.279. The summed E-state index contributed by atoms with van der Waals surface area (Å²) in [5, 5.41) is 3.05. The quantitative estimate of drug-likeness (QED) is 0.883. The zero-order valence-electron chi connectivity index (χ0n) is 11.3. The number of aromatic nitrogens is 3. The Balaban J connectivity index is 2.06. The van der Waals surface area contributed by atoms with Crippen LogP contribution in [0.4, 0.5) is 5.95 Å². The van der Waals surface area contributed by atoms with E-state index in [-0.39, 0.29) is 11.3 Å². The van der Waals surface area contributed by atoms with Crippen molar-refractivity contribution in [2.24, 2.45) is 0 Å². The zero-order valence-corrected chi connectivity index (χ0v) is 12.0. The second-order valence-corrected chi connectivity index (χ2v) is 4.22. The number of halogens is 1. The molecule has 106 valence electrons. The van der Waals surface area contributed by atoms with Gasteiger partial charge in [-0.15, -0.1) is 0 Å². The van der Waals surface area contributed by atoms with Crippen LogP contribution in [-0.4, -0.2) is 28.6 Å². The van der Waals surface area contributed by atoms with Gasteiger partial charge in [0.1, 0.15) is 12.4 Å². The third-order valence-corrected chi connectivity index (χ3v) is 2.59. The van der Waals surface area contributed by atoms with Crippen LogP contribution in [0.25, 0.3) is 0 Å². The minimum atomic E-state index is 0.0941. The second kappa shape index (κ2) is 6.91. The minimum absolute atomic E-state index is 0.0941. The van der Waals surface area contributed by atoms with E-state index in [0.717, 1.165) is 11.3 Å². The first-order chi connectivity index (χ1) is 9.71. The molecule has 0 saturated carbocycles. The van der Waals surface area contributed by atoms with Crippen molar-refractivity contribution >= 4 is 17.5 Å². The molecule has 0 fully saturated rings. The fourth-order valence-electron chi connectivity index (χ4n) is 1.54. The number of hydrogen-bond donors (Lipinski definition) is 1. The van der Waals surface area contributed by atoms with Crippen molar-refractivity contribution in [3.8, 4) is 11.8 Å². The highest BCUT2D eigenvalue weighted by Gasteiger charge is 2.06. The summed E-state index contributed by atoms with van der Waals surface area (Å²) in [5.74, 6) is 1.17. The van der Waals surface area contributed by atoms with Crippen LogP contribution in [0.1, 0.15) is 12.5 Å². The van der Waals surface area contributed by atoms with Crippen LogP contribution in [0.5, 0.6) is 11.8 Å². The van der Waals surface area contributed by atoms with E-state index in [0.29, 0.717) is 19.1 Å². The number of benzene rings is 1. The van der Waals surface area contributed by atoms with Crippen molar-refractivity contribution in [1.82, 2.24) is 15.0 Å². The molecule has 20 heavy (non-hydrogen) atoms. The van der Waals surface area contributed by atoms with Crippen LogP contribution in [0.3, 0.4) is 0 Å². The van der Waals surface area contributed by atoms with Crippen molar-refractivity contribution in [2.75, 3.05) is 19.0 Å². The summed E-state index contributed by atoms with van der Waals surface area (Å²) in [6, 6.07) is 7.75. The highest BCUT2D eigenvalue weighted by atomic mass is 35.5. The van der Waals surface area contributed by atoms with E-state index in [2.05, 4.69) is 20.3 Å². The van der Waals surface area contributed by atoms with Crippen molar-refractivity contribution in [3.63, 3.8) is 0 Å². The van der Waals surface area contributed by atoms with Crippen molar-refractivity contribution in [2.45, 2.75) is 13.5 Å². The summed E-state index contributed by atoms with van der Waals surface area (Å²) in [5.41, 5.74) is 0.950. The second-order valence-electron chi connectivity index (χ2n) is 3.88. The SMILES string of the molecule is CCNc1nc(Cl)nc(OCc2cccc(OC)c2)n1. The Bertz CT molecular complexity index is 580. The lowest BCUT2D eigenvalue weighted by Crippen LogP contribution is -2.06. The Morgan fingerprint density at radius 3 is 2.85 bits per heavy atom. The first kappa shape index (κ1) is 14.3. The molecule has 0 spiro atoms. The summed E-state index contributed by atoms with van der Waals surface area (Å²) < 4.78 is 10.7. The molecule has 0 unspecified atom stereocenters. The van der Waals surface area contributed by atoms with E-state index >= 15 is 0 Å². The smallest absolute Gasteiger partial charge is 0.322 e. The van der Waals surface area contributed by atoms with Gasteiger partial charge >= 0.3 is 6.01 Å². The fraction of sp³-hybridized carbons (Fsp3) is 0.308. The molecule has 2 rings (SSSR count). The van der Waals surface area contributed by atoms with Gasteiger partial charge in [-0.25, -0.2) is 0 Å². The van der Waals surface area contributed by atoms with Gasteiger partial charge in [0.2, 0.25) is 11.2 Å². The number of anilines is 1. The van der Waals surface area contributed by atoms with Gasteiger partial charge in [0.15, 0.2) is 0 Å². The molecule has 0 aliphatic heterocycles. The number of rotatable bonds is 6. The van der Waals surface area contributed by atoms with Gasteiger partial charge < -0.3 is 14.8 Å². The molecule has 7 heteroatoms. The van der Waals surface area contributed by atoms with Crippen LogP contribution in [0.15, 0.2) is 24.3 Å². The van der Waals surface area contributed by atoms with Crippen LogP contribution in [-0.2, 0) is 6.61 Å². The maximum Gasteiger partial charge on any atom is 0.322 e. The normalized spacial score (nSPS) is 10.2. The fourth-order valence-corrected chi connectivity index (χ4v) is 1.70. The lowest BCUT2D eigenvalue weighted by atomic mass is 10.2. The van der Waals surface area contributed by atoms with E-state index in [9.17, 15) is 0 Å². The molecule has 0 radical (unpaired) electrons. The molecular formula is C13H15ClN4O2. The largest absolute Gasteiger partial charge is 0.497 e. The van der Waals surface area contributed by atoms with Crippen molar-refractivity contribution in [3.05, 3.63) is 35.1 Å². The number of nitrogens with one attached hydrogen (secondary N) is 1. The Morgan fingerprint density at radius 1 is 1.25 bits per heavy atom. The maximum atomic E-state index is 5.81. The Hall–Kier alpha value is -2.08. The van der Waals surface area contributed by atoms with Crippen molar-refractivity contribution < 1.29 is 9.47 Å². The maximum absolute atomic E-state index is 5.81. The van der Waals surface area contributed by atoms with E-state index in [1.54, 1.807) is 7.11 Å². The molecular weight excluding hydrogens is 280 g/mol. The zero-order chi connectivity index (χ0) is 14.4. The summed E-state index contributed by atoms with van der Waals surface area (Å²) in [4.78, 5) is 12.0. The van der Waals surface area contributed by atoms with Gasteiger partial charge in [0.25, 0.3) is 0 Å². The van der Waals surface area contributed by atoms with Crippen LogP contribution >= 0.6 is 11.6 Å². The van der Waals surface area contributed by atoms with Gasteiger partial charge in [0, 0.05) is 6.54 Å². The molecule has 2 aromatic rings. The highest BCUT2D eigenvalue weighted by Crippen LogP contribution is 2.16. The molecule has 0 bridgehead atoms. The molecule has 1 aromatic carbocycles. The monoisotopic (exact) mass is 294 g/mol. The predicted molar refractivity (Wildman–Crippen MR) is 76.3 cm³/mol. The van der Waals surface area contributed by atoms with E-state index in [1.807, 2.05) is 31.2 Å². The summed E-state index contributed by atoms with van der Waals surface area (Å²) >= 11 is 5.81. The minimum Gasteiger partial charge on any atom is -0.497 e. The van der Waals surface area contributed by atoms with Gasteiger partial charge in [0.05, 0.1) is 7.11 Å². The first-order valence-corrected chi connectivity index (χ1v) is 6.50. The molecule has 0 saturated heterocycles. The average Bonchev–Trinajstić information content (AvgIpc) is 2.45. The van der Waals surface area contributed by atoms with Crippen LogP contribution in [0.2, 0.25) is 5.28 Å². The predicted octanol–water partition coefficient (Wildman–Crippen LogP) is 2.54. The highest BCUT2D eigenvalue weighted by molar-refractivity contribution is 6.28. The Labute approximate surface area is 122 Å². The Morgan fingerprint density at radius 2 is 2.10 bits per heavy atom. The summed E-state index contributed by atoms with van der Waals surface area (Å²) in [6.07, 6.45) is 0. The number of hydrogen-bond acceptors (Lipinski definition) is 6. The van der Waals surface area contributed by atoms with E-state index in [1.165, 1.54) is 0 Å². The molecule has 0 aliphatic rings. The number of ether oxygens (including phenoxy) is 2. The molecule has 0 atom stereocenters. The van der Waals surface area contributed by atoms with Gasteiger partial charge in [-0.2, -0.15) is 15.0 Å². The molecule has 1 heterocycles. The molecule has 1 N–H and O–H groups in total. The lowest BCUT2D eigenvalue weighted by Gasteiger charge is -2.07. The Kier molecular flexibility index (Phi) is 4.95.